The van der Waals surface area contributed by atoms with Crippen molar-refractivity contribution >= 4 is 44.1 Å². The molecule has 0 unspecified atom stereocenters. The summed E-state index contributed by atoms with van der Waals surface area (Å²) in [5.74, 6) is -0.187. The minimum absolute atomic E-state index is 0.155. The number of aromatic nitrogens is 1. The second-order valence-electron chi connectivity index (χ2n) is 11.0. The van der Waals surface area contributed by atoms with E-state index < -0.39 is 0 Å². The third-order valence-electron chi connectivity index (χ3n) is 7.10. The normalized spacial score (nSPS) is 13.1. The van der Waals surface area contributed by atoms with E-state index >= 15 is 0 Å². The highest BCUT2D eigenvalue weighted by atomic mass is 32.2. The standard InChI is InChI=1S/C31H29FNS/c1-17-7-9-22-24(13-17)18(2)27-29-28-23(11-12-33(29)6)21-10-8-20(32)14-19(21)15-26(28)34-30(27)25(22)16-31(3,4)5/h7-15H,16H2,1-6H3/q+1. The first-order valence-electron chi connectivity index (χ1n) is 11.9. The summed E-state index contributed by atoms with van der Waals surface area (Å²) in [6, 6.07) is 16.4. The van der Waals surface area contributed by atoms with Crippen LogP contribution in [0.25, 0.3) is 43.6 Å². The lowest BCUT2D eigenvalue weighted by molar-refractivity contribution is -0.659. The van der Waals surface area contributed by atoms with E-state index in [1.807, 2.05) is 17.8 Å². The van der Waals surface area contributed by atoms with E-state index in [4.69, 9.17) is 0 Å². The Hall–Kier alpha value is -2.91. The van der Waals surface area contributed by atoms with Gasteiger partial charge >= 0.3 is 0 Å². The van der Waals surface area contributed by atoms with Gasteiger partial charge in [0, 0.05) is 21.2 Å². The number of aryl methyl sites for hydroxylation is 3. The van der Waals surface area contributed by atoms with Crippen LogP contribution in [-0.2, 0) is 13.5 Å². The largest absolute Gasteiger partial charge is 0.222 e. The Morgan fingerprint density at radius 1 is 0.882 bits per heavy atom. The average molecular weight is 467 g/mol. The van der Waals surface area contributed by atoms with Crippen LogP contribution in [0.5, 0.6) is 0 Å². The fraction of sp³-hybridized carbons (Fsp3) is 0.258. The summed E-state index contributed by atoms with van der Waals surface area (Å²) in [5.41, 5.74) is 6.83. The highest BCUT2D eigenvalue weighted by Gasteiger charge is 2.33. The zero-order valence-electron chi connectivity index (χ0n) is 20.6. The number of benzene rings is 4. The maximum Gasteiger partial charge on any atom is 0.222 e. The maximum absolute atomic E-state index is 14.2. The molecule has 1 aliphatic rings. The van der Waals surface area contributed by atoms with Gasteiger partial charge in [-0.05, 0) is 76.6 Å². The minimum Gasteiger partial charge on any atom is -0.207 e. The summed E-state index contributed by atoms with van der Waals surface area (Å²) in [6.07, 6.45) is 3.16. The summed E-state index contributed by atoms with van der Waals surface area (Å²) >= 11 is 1.87. The van der Waals surface area contributed by atoms with Crippen LogP contribution in [0.1, 0.15) is 37.5 Å². The average Bonchev–Trinajstić information content (AvgIpc) is 2.77. The van der Waals surface area contributed by atoms with Crippen molar-refractivity contribution in [2.75, 3.05) is 0 Å². The molecular formula is C31H29FNS+. The van der Waals surface area contributed by atoms with Gasteiger partial charge < -0.3 is 0 Å². The first-order chi connectivity index (χ1) is 16.1. The Morgan fingerprint density at radius 2 is 1.65 bits per heavy atom. The van der Waals surface area contributed by atoms with Gasteiger partial charge in [-0.25, -0.2) is 8.96 Å². The molecule has 1 aliphatic heterocycles. The number of hydrogen-bond acceptors (Lipinski definition) is 1. The monoisotopic (exact) mass is 466 g/mol. The van der Waals surface area contributed by atoms with Crippen molar-refractivity contribution in [2.24, 2.45) is 12.5 Å². The molecule has 5 aromatic rings. The topological polar surface area (TPSA) is 3.88 Å². The Kier molecular flexibility index (Phi) is 4.64. The molecule has 4 aromatic carbocycles. The van der Waals surface area contributed by atoms with Crippen molar-refractivity contribution in [3.05, 3.63) is 77.2 Å². The van der Waals surface area contributed by atoms with Gasteiger partial charge in [0.1, 0.15) is 12.9 Å². The Morgan fingerprint density at radius 3 is 2.41 bits per heavy atom. The van der Waals surface area contributed by atoms with Crippen molar-refractivity contribution in [1.82, 2.24) is 0 Å². The summed E-state index contributed by atoms with van der Waals surface area (Å²) in [5, 5.41) is 7.24. The lowest BCUT2D eigenvalue weighted by Crippen LogP contribution is -2.32. The van der Waals surface area contributed by atoms with Crippen LogP contribution in [0.3, 0.4) is 0 Å². The maximum atomic E-state index is 14.2. The van der Waals surface area contributed by atoms with Crippen molar-refractivity contribution in [2.45, 2.75) is 50.8 Å². The van der Waals surface area contributed by atoms with Gasteiger partial charge in [0.15, 0.2) is 6.20 Å². The first-order valence-corrected chi connectivity index (χ1v) is 12.7. The molecular weight excluding hydrogens is 437 g/mol. The molecule has 34 heavy (non-hydrogen) atoms. The van der Waals surface area contributed by atoms with Crippen LogP contribution in [0.4, 0.5) is 4.39 Å². The molecule has 1 aromatic heterocycles. The van der Waals surface area contributed by atoms with Gasteiger partial charge in [0.2, 0.25) is 5.69 Å². The fourth-order valence-corrected chi connectivity index (χ4v) is 7.01. The predicted molar refractivity (Wildman–Crippen MR) is 142 cm³/mol. The lowest BCUT2D eigenvalue weighted by Gasteiger charge is -2.28. The van der Waals surface area contributed by atoms with E-state index in [2.05, 4.69) is 82.8 Å². The molecule has 0 fully saturated rings. The highest BCUT2D eigenvalue weighted by molar-refractivity contribution is 8.00. The van der Waals surface area contributed by atoms with Gasteiger partial charge in [-0.1, -0.05) is 62.4 Å². The third kappa shape index (κ3) is 3.17. The molecule has 6 rings (SSSR count). The van der Waals surface area contributed by atoms with E-state index in [0.717, 1.165) is 17.2 Å². The predicted octanol–water partition coefficient (Wildman–Crippen LogP) is 8.45. The first kappa shape index (κ1) is 21.6. The van der Waals surface area contributed by atoms with Gasteiger partial charge in [0.25, 0.3) is 0 Å². The second kappa shape index (κ2) is 7.29. The van der Waals surface area contributed by atoms with E-state index in [1.54, 1.807) is 12.1 Å². The van der Waals surface area contributed by atoms with E-state index in [0.29, 0.717) is 0 Å². The Bertz CT molecular complexity index is 1670. The van der Waals surface area contributed by atoms with Crippen molar-refractivity contribution < 1.29 is 8.96 Å². The van der Waals surface area contributed by atoms with Crippen LogP contribution in [0.15, 0.2) is 64.5 Å². The zero-order chi connectivity index (χ0) is 23.9. The van der Waals surface area contributed by atoms with Crippen LogP contribution in [0.2, 0.25) is 0 Å². The van der Waals surface area contributed by atoms with Crippen LogP contribution in [0, 0.1) is 25.1 Å². The molecule has 0 saturated carbocycles. The number of halogens is 1. The molecule has 0 amide bonds. The summed E-state index contributed by atoms with van der Waals surface area (Å²) in [7, 11) is 2.15. The smallest absolute Gasteiger partial charge is 0.207 e. The number of nitrogens with zero attached hydrogens (tertiary/aromatic N) is 1. The summed E-state index contributed by atoms with van der Waals surface area (Å²) in [4.78, 5) is 2.57. The van der Waals surface area contributed by atoms with Crippen LogP contribution >= 0.6 is 11.8 Å². The van der Waals surface area contributed by atoms with Gasteiger partial charge in [-0.3, -0.25) is 0 Å². The lowest BCUT2D eigenvalue weighted by atomic mass is 9.82. The molecule has 0 aliphatic carbocycles. The van der Waals surface area contributed by atoms with Gasteiger partial charge in [-0.15, -0.1) is 0 Å². The Balaban J connectivity index is 1.82. The molecule has 0 spiro atoms. The third-order valence-corrected chi connectivity index (χ3v) is 8.29. The SMILES string of the molecule is Cc1ccc2c(CC(C)(C)C)c3c(c(C)c2c1)-c1c2c(cc4cc(F)ccc4c2cc[n+]1C)S3. The molecule has 3 heteroatoms. The van der Waals surface area contributed by atoms with Crippen LogP contribution < -0.4 is 4.57 Å². The highest BCUT2D eigenvalue weighted by Crippen LogP contribution is 2.53. The van der Waals surface area contributed by atoms with E-state index in [-0.39, 0.29) is 11.2 Å². The van der Waals surface area contributed by atoms with Crippen LogP contribution in [-0.4, -0.2) is 0 Å². The van der Waals surface area contributed by atoms with Crippen molar-refractivity contribution in [1.29, 1.82) is 0 Å². The molecule has 0 saturated heterocycles. The molecule has 170 valence electrons. The molecule has 2 heterocycles. The fourth-order valence-electron chi connectivity index (χ4n) is 5.64. The minimum atomic E-state index is -0.187. The number of fused-ring (bicyclic) bond motifs is 5. The van der Waals surface area contributed by atoms with Gasteiger partial charge in [-0.2, -0.15) is 0 Å². The zero-order valence-corrected chi connectivity index (χ0v) is 21.5. The number of rotatable bonds is 1. The second-order valence-corrected chi connectivity index (χ2v) is 12.1. The molecule has 0 N–H and O–H groups in total. The molecule has 0 radical (unpaired) electrons. The van der Waals surface area contributed by atoms with Crippen molar-refractivity contribution in [3.8, 4) is 11.3 Å². The number of hydrogen-bond donors (Lipinski definition) is 0. The quantitative estimate of drug-likeness (QED) is 0.174. The molecule has 0 bridgehead atoms. The molecule has 0 atom stereocenters. The van der Waals surface area contributed by atoms with Gasteiger partial charge in [0.05, 0.1) is 10.9 Å². The van der Waals surface area contributed by atoms with E-state index in [1.165, 1.54) is 59.3 Å². The Labute approximate surface area is 204 Å². The van der Waals surface area contributed by atoms with Crippen molar-refractivity contribution in [3.63, 3.8) is 0 Å². The molecule has 1 nitrogen and oxygen atoms in total. The summed E-state index contributed by atoms with van der Waals surface area (Å²) < 4.78 is 16.4. The van der Waals surface area contributed by atoms with E-state index in [9.17, 15) is 4.39 Å². The summed E-state index contributed by atoms with van der Waals surface area (Å²) in [6.45, 7) is 11.4. The number of pyridine rings is 1.